The van der Waals surface area contributed by atoms with E-state index >= 15 is 0 Å². The number of hydrogen-bond donors (Lipinski definition) is 1. The van der Waals surface area contributed by atoms with E-state index in [0.29, 0.717) is 12.8 Å². The second-order valence-corrected chi connectivity index (χ2v) is 28.6. The molecule has 0 saturated heterocycles. The Morgan fingerprint density at radius 1 is 0.250 bits per heavy atom. The van der Waals surface area contributed by atoms with E-state index in [1.807, 2.05) is 0 Å². The molecule has 0 aliphatic carbocycles. The molecule has 92 heavy (non-hydrogen) atoms. The Balaban J connectivity index is 3.36. The molecule has 0 amide bonds. The van der Waals surface area contributed by atoms with Crippen molar-refractivity contribution in [2.45, 2.75) is 469 Å². The van der Waals surface area contributed by atoms with E-state index in [0.717, 1.165) is 51.4 Å². The summed E-state index contributed by atoms with van der Waals surface area (Å²) in [5.74, 6) is -0.562. The molecule has 0 spiro atoms. The summed E-state index contributed by atoms with van der Waals surface area (Å²) >= 11 is 0. The van der Waals surface area contributed by atoms with Crippen LogP contribution in [0.4, 0.5) is 0 Å². The Morgan fingerprint density at radius 2 is 0.435 bits per heavy atom. The van der Waals surface area contributed by atoms with Crippen molar-refractivity contribution < 1.29 is 24.2 Å². The van der Waals surface area contributed by atoms with E-state index in [-0.39, 0.29) is 25.2 Å². The third-order valence-electron chi connectivity index (χ3n) is 19.3. The molecule has 0 aromatic heterocycles. The number of carbonyl (C=O) groups is 2. The number of aliphatic hydroxyl groups excluding tert-OH is 1. The molecular weight excluding hydrogens is 1120 g/mol. The largest absolute Gasteiger partial charge is 0.462 e. The van der Waals surface area contributed by atoms with Crippen LogP contribution in [0.2, 0.25) is 0 Å². The molecule has 0 heterocycles. The zero-order valence-corrected chi connectivity index (χ0v) is 62.3. The third kappa shape index (κ3) is 80.0. The lowest BCUT2D eigenvalue weighted by Crippen LogP contribution is -2.28. The molecule has 0 aromatic rings. The van der Waals surface area contributed by atoms with Gasteiger partial charge in [-0.05, 0) is 83.5 Å². The predicted molar refractivity (Wildman–Crippen MR) is 408 cm³/mol. The molecule has 1 unspecified atom stereocenters. The SMILES string of the molecule is CCCCCCC/C=C\C/C=C\C/C=C\CCCCCCCCCCCCCCCCCCCCCCCCCCCCC(=O)OC(CO)COC(=O)CCCCCCCCCCCCCCCCCCCCCCCCCCC/C=C\C/C=C\CCCCCCC. The second kappa shape index (κ2) is 82.8. The molecule has 1 atom stereocenters. The lowest BCUT2D eigenvalue weighted by atomic mass is 10.0. The normalized spacial score (nSPS) is 12.4. The molecule has 0 aliphatic heterocycles. The lowest BCUT2D eigenvalue weighted by molar-refractivity contribution is -0.161. The van der Waals surface area contributed by atoms with E-state index in [4.69, 9.17) is 9.47 Å². The van der Waals surface area contributed by atoms with Crippen LogP contribution in [0.1, 0.15) is 463 Å². The second-order valence-electron chi connectivity index (χ2n) is 28.6. The van der Waals surface area contributed by atoms with Crippen LogP contribution in [0.3, 0.4) is 0 Å². The van der Waals surface area contributed by atoms with Crippen LogP contribution in [-0.4, -0.2) is 36.4 Å². The Bertz CT molecular complexity index is 1560. The van der Waals surface area contributed by atoms with Gasteiger partial charge in [-0.15, -0.1) is 0 Å². The van der Waals surface area contributed by atoms with Crippen molar-refractivity contribution in [1.82, 2.24) is 0 Å². The first-order valence-corrected chi connectivity index (χ1v) is 41.8. The standard InChI is InChI=1S/C87H162O5/c1-3-5-7-9-11-13-15-17-19-21-23-25-27-29-31-33-35-37-39-41-42-43-44-46-48-50-52-54-56-58-60-62-64-66-68-70-72-74-76-78-80-82-87(90)92-85(83-88)84-91-86(89)81-79-77-75-73-71-69-67-65-63-61-59-57-55-53-51-49-47-45-40-38-36-34-32-30-28-26-24-22-20-18-16-14-12-10-8-6-4-2/h15-18,21-24,27,29,85,88H,3-14,19-20,25-26,28,30-84H2,1-2H3/b17-15-,18-16-,23-21-,24-22-,29-27-. The number of hydrogen-bond acceptors (Lipinski definition) is 5. The number of rotatable bonds is 79. The maximum Gasteiger partial charge on any atom is 0.306 e. The molecule has 0 aliphatic rings. The minimum absolute atomic E-state index is 0.0591. The molecule has 0 aromatic carbocycles. The lowest BCUT2D eigenvalue weighted by Gasteiger charge is -2.15. The van der Waals surface area contributed by atoms with Gasteiger partial charge in [-0.25, -0.2) is 0 Å². The van der Waals surface area contributed by atoms with Crippen LogP contribution in [0, 0.1) is 0 Å². The highest BCUT2D eigenvalue weighted by atomic mass is 16.6. The monoisotopic (exact) mass is 1290 g/mol. The van der Waals surface area contributed by atoms with Crippen molar-refractivity contribution in [1.29, 1.82) is 0 Å². The van der Waals surface area contributed by atoms with Crippen molar-refractivity contribution >= 4 is 11.9 Å². The highest BCUT2D eigenvalue weighted by molar-refractivity contribution is 5.70. The minimum atomic E-state index is -0.771. The van der Waals surface area contributed by atoms with Gasteiger partial charge in [0.25, 0.3) is 0 Å². The highest BCUT2D eigenvalue weighted by Crippen LogP contribution is 2.20. The first-order valence-electron chi connectivity index (χ1n) is 41.8. The summed E-state index contributed by atoms with van der Waals surface area (Å²) in [6, 6.07) is 0. The topological polar surface area (TPSA) is 72.8 Å². The van der Waals surface area contributed by atoms with Crippen LogP contribution in [0.5, 0.6) is 0 Å². The summed E-state index contributed by atoms with van der Waals surface area (Å²) in [6.45, 7) is 4.18. The third-order valence-corrected chi connectivity index (χ3v) is 19.3. The Morgan fingerprint density at radius 3 is 0.652 bits per heavy atom. The number of ether oxygens (including phenoxy) is 2. The van der Waals surface area contributed by atoms with Gasteiger partial charge in [0.05, 0.1) is 6.61 Å². The molecule has 540 valence electrons. The number of aliphatic hydroxyl groups is 1. The fraction of sp³-hybridized carbons (Fsp3) is 0.862. The maximum absolute atomic E-state index is 12.4. The van der Waals surface area contributed by atoms with Gasteiger partial charge in [0.15, 0.2) is 6.10 Å². The molecule has 5 nitrogen and oxygen atoms in total. The molecule has 0 bridgehead atoms. The van der Waals surface area contributed by atoms with E-state index in [1.165, 1.54) is 385 Å². The van der Waals surface area contributed by atoms with E-state index in [1.54, 1.807) is 0 Å². The van der Waals surface area contributed by atoms with Crippen LogP contribution >= 0.6 is 0 Å². The van der Waals surface area contributed by atoms with Crippen LogP contribution in [0.25, 0.3) is 0 Å². The first-order chi connectivity index (χ1) is 45.6. The van der Waals surface area contributed by atoms with Gasteiger partial charge in [0, 0.05) is 12.8 Å². The summed E-state index contributed by atoms with van der Waals surface area (Å²) < 4.78 is 10.8. The van der Waals surface area contributed by atoms with Crippen LogP contribution in [-0.2, 0) is 19.1 Å². The van der Waals surface area contributed by atoms with E-state index < -0.39 is 6.10 Å². The van der Waals surface area contributed by atoms with Gasteiger partial charge >= 0.3 is 11.9 Å². The summed E-state index contributed by atoms with van der Waals surface area (Å²) in [5, 5.41) is 9.74. The quantitative estimate of drug-likeness (QED) is 0.0373. The van der Waals surface area contributed by atoms with Crippen molar-refractivity contribution in [2.24, 2.45) is 0 Å². The molecule has 0 radical (unpaired) electrons. The van der Waals surface area contributed by atoms with Crippen molar-refractivity contribution in [3.05, 3.63) is 60.8 Å². The molecule has 0 fully saturated rings. The van der Waals surface area contributed by atoms with Gasteiger partial charge in [-0.2, -0.15) is 0 Å². The minimum Gasteiger partial charge on any atom is -0.462 e. The average molecular weight is 1290 g/mol. The fourth-order valence-electron chi connectivity index (χ4n) is 13.0. The highest BCUT2D eigenvalue weighted by Gasteiger charge is 2.16. The summed E-state index contributed by atoms with van der Waals surface area (Å²) in [5.41, 5.74) is 0. The van der Waals surface area contributed by atoms with Crippen molar-refractivity contribution in [3.8, 4) is 0 Å². The number of unbranched alkanes of at least 4 members (excludes halogenated alkanes) is 61. The van der Waals surface area contributed by atoms with Gasteiger partial charge in [-0.1, -0.05) is 428 Å². The average Bonchev–Trinajstić information content (AvgIpc) is 3.64. The van der Waals surface area contributed by atoms with Crippen molar-refractivity contribution in [2.75, 3.05) is 13.2 Å². The molecule has 1 N–H and O–H groups in total. The molecule has 0 saturated carbocycles. The number of allylic oxidation sites excluding steroid dienone is 10. The number of esters is 2. The van der Waals surface area contributed by atoms with Crippen molar-refractivity contribution in [3.63, 3.8) is 0 Å². The zero-order chi connectivity index (χ0) is 66.1. The van der Waals surface area contributed by atoms with Gasteiger partial charge in [0.1, 0.15) is 6.61 Å². The number of carbonyl (C=O) groups excluding carboxylic acids is 2. The maximum atomic E-state index is 12.4. The van der Waals surface area contributed by atoms with Gasteiger partial charge in [0.2, 0.25) is 0 Å². The summed E-state index contributed by atoms with van der Waals surface area (Å²) in [7, 11) is 0. The van der Waals surface area contributed by atoms with Gasteiger partial charge in [-0.3, -0.25) is 9.59 Å². The first kappa shape index (κ1) is 89.6. The molecular formula is C87H162O5. The van der Waals surface area contributed by atoms with E-state index in [2.05, 4.69) is 74.6 Å². The summed E-state index contributed by atoms with van der Waals surface area (Å²) in [6.07, 6.45) is 115. The van der Waals surface area contributed by atoms with Gasteiger partial charge < -0.3 is 14.6 Å². The Kier molecular flexibility index (Phi) is 80.7. The summed E-state index contributed by atoms with van der Waals surface area (Å²) in [4.78, 5) is 24.7. The predicted octanol–water partition coefficient (Wildman–Crippen LogP) is 29.6. The Hall–Kier alpha value is -2.40. The smallest absolute Gasteiger partial charge is 0.306 e. The molecule has 5 heteroatoms. The zero-order valence-electron chi connectivity index (χ0n) is 62.3. The van der Waals surface area contributed by atoms with Crippen LogP contribution in [0.15, 0.2) is 60.8 Å². The Labute approximate surface area is 576 Å². The molecule has 0 rings (SSSR count). The van der Waals surface area contributed by atoms with Crippen LogP contribution < -0.4 is 0 Å². The van der Waals surface area contributed by atoms with E-state index in [9.17, 15) is 14.7 Å². The fourth-order valence-corrected chi connectivity index (χ4v) is 13.0.